The highest BCUT2D eigenvalue weighted by Gasteiger charge is 2.47. The van der Waals surface area contributed by atoms with Gasteiger partial charge in [-0.3, -0.25) is 9.59 Å². The van der Waals surface area contributed by atoms with Crippen LogP contribution in [0.1, 0.15) is 162 Å². The highest BCUT2D eigenvalue weighted by molar-refractivity contribution is 5.70. The summed E-state index contributed by atoms with van der Waals surface area (Å²) in [6.45, 7) is 2.51. The maximum atomic E-state index is 12.9. The Labute approximate surface area is 340 Å². The van der Waals surface area contributed by atoms with Crippen LogP contribution in [-0.2, 0) is 38.0 Å². The van der Waals surface area contributed by atoms with Crippen LogP contribution in [0, 0.1) is 0 Å². The molecule has 336 valence electrons. The van der Waals surface area contributed by atoms with Crippen LogP contribution in [-0.4, -0.2) is 142 Å². The number of hydrogen-bond donors (Lipinski definition) is 7. The van der Waals surface area contributed by atoms with E-state index in [0.717, 1.165) is 51.4 Å². The van der Waals surface area contributed by atoms with Crippen LogP contribution in [0.4, 0.5) is 0 Å². The fraction of sp³-hybridized carbons (Fsp3) is 0.952. The minimum atomic E-state index is -1.76. The van der Waals surface area contributed by atoms with Crippen molar-refractivity contribution in [3.63, 3.8) is 0 Å². The number of aliphatic hydroxyl groups is 7. The van der Waals surface area contributed by atoms with Crippen LogP contribution in [0.5, 0.6) is 0 Å². The van der Waals surface area contributed by atoms with Gasteiger partial charge in [0.05, 0.1) is 19.8 Å². The van der Waals surface area contributed by atoms with Gasteiger partial charge in [-0.05, 0) is 12.8 Å². The lowest BCUT2D eigenvalue weighted by Crippen LogP contribution is -2.61. The molecule has 0 aromatic rings. The number of carbonyl (C=O) groups excluding carboxylic acids is 2. The summed E-state index contributed by atoms with van der Waals surface area (Å²) in [7, 11) is 0. The van der Waals surface area contributed by atoms with Crippen molar-refractivity contribution in [2.75, 3.05) is 26.4 Å². The zero-order chi connectivity index (χ0) is 41.8. The van der Waals surface area contributed by atoms with E-state index in [9.17, 15) is 45.3 Å². The molecule has 0 spiro atoms. The van der Waals surface area contributed by atoms with Crippen LogP contribution in [0.15, 0.2) is 0 Å². The molecular formula is C42H78O15. The maximum Gasteiger partial charge on any atom is 0.306 e. The Morgan fingerprint density at radius 2 is 0.895 bits per heavy atom. The van der Waals surface area contributed by atoms with Crippen molar-refractivity contribution in [2.45, 2.75) is 229 Å². The second kappa shape index (κ2) is 31.4. The van der Waals surface area contributed by atoms with Crippen molar-refractivity contribution in [3.8, 4) is 0 Å². The van der Waals surface area contributed by atoms with Crippen LogP contribution in [0.25, 0.3) is 0 Å². The predicted molar refractivity (Wildman–Crippen MR) is 211 cm³/mol. The lowest BCUT2D eigenvalue weighted by molar-refractivity contribution is -0.332. The molecule has 0 aliphatic carbocycles. The van der Waals surface area contributed by atoms with Crippen molar-refractivity contribution in [1.29, 1.82) is 0 Å². The minimum absolute atomic E-state index is 0.172. The molecule has 2 heterocycles. The van der Waals surface area contributed by atoms with E-state index >= 15 is 0 Å². The largest absolute Gasteiger partial charge is 0.462 e. The van der Waals surface area contributed by atoms with Gasteiger partial charge in [-0.2, -0.15) is 0 Å². The summed E-state index contributed by atoms with van der Waals surface area (Å²) < 4.78 is 33.3. The second-order valence-corrected chi connectivity index (χ2v) is 15.9. The Balaban J connectivity index is 1.83. The van der Waals surface area contributed by atoms with E-state index in [-0.39, 0.29) is 26.1 Å². The summed E-state index contributed by atoms with van der Waals surface area (Å²) in [6.07, 6.45) is 7.59. The molecule has 0 unspecified atom stereocenters. The minimum Gasteiger partial charge on any atom is -0.462 e. The Bertz CT molecular complexity index is 1020. The van der Waals surface area contributed by atoms with Gasteiger partial charge in [-0.1, -0.05) is 136 Å². The first-order valence-electron chi connectivity index (χ1n) is 22.1. The Morgan fingerprint density at radius 1 is 0.491 bits per heavy atom. The molecule has 57 heavy (non-hydrogen) atoms. The van der Waals surface area contributed by atoms with Crippen LogP contribution in [0.2, 0.25) is 0 Å². The van der Waals surface area contributed by atoms with E-state index in [1.54, 1.807) is 0 Å². The third-order valence-corrected chi connectivity index (χ3v) is 10.8. The Kier molecular flexibility index (Phi) is 28.4. The zero-order valence-corrected chi connectivity index (χ0v) is 34.8. The molecule has 15 nitrogen and oxygen atoms in total. The van der Waals surface area contributed by atoms with Gasteiger partial charge in [0.2, 0.25) is 0 Å². The van der Waals surface area contributed by atoms with Gasteiger partial charge in [-0.15, -0.1) is 0 Å². The molecule has 0 radical (unpaired) electrons. The molecule has 11 atom stereocenters. The molecule has 2 aliphatic heterocycles. The fourth-order valence-electron chi connectivity index (χ4n) is 7.10. The second-order valence-electron chi connectivity index (χ2n) is 15.9. The first kappa shape index (κ1) is 51.6. The molecule has 0 bridgehead atoms. The first-order valence-corrected chi connectivity index (χ1v) is 22.1. The predicted octanol–water partition coefficient (Wildman–Crippen LogP) is 4.09. The molecular weight excluding hydrogens is 744 g/mol. The number of esters is 2. The van der Waals surface area contributed by atoms with E-state index in [1.165, 1.54) is 70.6 Å². The Morgan fingerprint density at radius 3 is 1.37 bits per heavy atom. The van der Waals surface area contributed by atoms with Crippen LogP contribution >= 0.6 is 0 Å². The third-order valence-electron chi connectivity index (χ3n) is 10.8. The van der Waals surface area contributed by atoms with Gasteiger partial charge in [0, 0.05) is 12.8 Å². The number of aliphatic hydroxyl groups excluding tert-OH is 7. The van der Waals surface area contributed by atoms with E-state index in [2.05, 4.69) is 13.8 Å². The average molecular weight is 823 g/mol. The van der Waals surface area contributed by atoms with Gasteiger partial charge in [0.1, 0.15) is 55.4 Å². The van der Waals surface area contributed by atoms with Gasteiger partial charge in [0.15, 0.2) is 18.7 Å². The monoisotopic (exact) mass is 823 g/mol. The normalized spacial score (nSPS) is 28.3. The molecule has 0 amide bonds. The Hall–Kier alpha value is -1.50. The smallest absolute Gasteiger partial charge is 0.306 e. The molecule has 7 N–H and O–H groups in total. The van der Waals surface area contributed by atoms with Crippen molar-refractivity contribution in [3.05, 3.63) is 0 Å². The summed E-state index contributed by atoms with van der Waals surface area (Å²) in [5.74, 6) is -0.927. The quantitative estimate of drug-likeness (QED) is 0.0365. The molecule has 0 aromatic carbocycles. The van der Waals surface area contributed by atoms with E-state index in [1.807, 2.05) is 0 Å². The number of ether oxygens (including phenoxy) is 6. The average Bonchev–Trinajstić information content (AvgIpc) is 3.20. The number of hydrogen-bond acceptors (Lipinski definition) is 15. The molecule has 0 aromatic heterocycles. The van der Waals surface area contributed by atoms with Crippen molar-refractivity contribution >= 4 is 11.9 Å². The summed E-state index contributed by atoms with van der Waals surface area (Å²) in [5, 5.41) is 71.6. The zero-order valence-electron chi connectivity index (χ0n) is 34.8. The summed E-state index contributed by atoms with van der Waals surface area (Å²) in [4.78, 5) is 25.4. The SMILES string of the molecule is CCCCCCCCCCCCCCCCCC(=O)O[C@H](COC(=O)CCCCCCCC)CO[C@@H]1O[C@H](CO[C@H]2O[C@H](CO)[C@H](O)[C@H](O)[C@H]2O)[C@H](O)[C@H](O)[C@H]1O. The number of unbranched alkanes of at least 4 members (excludes halogenated alkanes) is 19. The lowest BCUT2D eigenvalue weighted by atomic mass is 9.98. The van der Waals surface area contributed by atoms with Crippen molar-refractivity contribution in [2.24, 2.45) is 0 Å². The van der Waals surface area contributed by atoms with E-state index in [4.69, 9.17) is 28.4 Å². The van der Waals surface area contributed by atoms with Gasteiger partial charge in [-0.25, -0.2) is 0 Å². The first-order chi connectivity index (χ1) is 27.5. The molecule has 2 saturated heterocycles. The van der Waals surface area contributed by atoms with Crippen LogP contribution < -0.4 is 0 Å². The molecule has 0 saturated carbocycles. The molecule has 2 rings (SSSR count). The van der Waals surface area contributed by atoms with Crippen molar-refractivity contribution < 1.29 is 73.8 Å². The van der Waals surface area contributed by atoms with E-state index < -0.39 is 92.7 Å². The summed E-state index contributed by atoms with van der Waals surface area (Å²) >= 11 is 0. The van der Waals surface area contributed by atoms with Crippen molar-refractivity contribution in [1.82, 2.24) is 0 Å². The highest BCUT2D eigenvalue weighted by Crippen LogP contribution is 2.26. The molecule has 15 heteroatoms. The molecule has 2 aliphatic rings. The van der Waals surface area contributed by atoms with Crippen LogP contribution in [0.3, 0.4) is 0 Å². The highest BCUT2D eigenvalue weighted by atomic mass is 16.7. The van der Waals surface area contributed by atoms with E-state index in [0.29, 0.717) is 12.8 Å². The van der Waals surface area contributed by atoms with Gasteiger partial charge >= 0.3 is 11.9 Å². The fourth-order valence-corrected chi connectivity index (χ4v) is 7.10. The summed E-state index contributed by atoms with van der Waals surface area (Å²) in [5.41, 5.74) is 0. The van der Waals surface area contributed by atoms with Gasteiger partial charge < -0.3 is 64.2 Å². The summed E-state index contributed by atoms with van der Waals surface area (Å²) in [6, 6.07) is 0. The van der Waals surface area contributed by atoms with Gasteiger partial charge in [0.25, 0.3) is 0 Å². The number of rotatable bonds is 33. The third kappa shape index (κ3) is 21.0. The topological polar surface area (TPSA) is 231 Å². The lowest BCUT2D eigenvalue weighted by Gasteiger charge is -2.42. The molecule has 2 fully saturated rings. The maximum absolute atomic E-state index is 12.9. The standard InChI is InChI=1S/C42H78O15/c1-3-5-7-9-11-12-13-14-15-16-17-18-19-21-23-25-34(45)55-30(27-52-33(44)24-22-20-10-8-6-4-2)28-53-41-40(51)38(49)36(47)32(57-41)29-54-42-39(50)37(48)35(46)31(26-43)56-42/h30-32,35-43,46-51H,3-29H2,1-2H3/t30-,31-,32-,35+,36+,37+,38+,39-,40-,41-,42+/m1/s1. The number of carbonyl (C=O) groups is 2.